The first-order valence-electron chi connectivity index (χ1n) is 6.13. The minimum absolute atomic E-state index is 0.324. The molecule has 0 aliphatic carbocycles. The Morgan fingerprint density at radius 2 is 1.50 bits per heavy atom. The number of anilines is 1. The summed E-state index contributed by atoms with van der Waals surface area (Å²) < 4.78 is 0. The van der Waals surface area contributed by atoms with Gasteiger partial charge in [-0.25, -0.2) is 0 Å². The molecule has 0 aromatic heterocycles. The van der Waals surface area contributed by atoms with Crippen molar-refractivity contribution in [3.05, 3.63) is 64.7 Å². The van der Waals surface area contributed by atoms with Crippen LogP contribution in [0.2, 0.25) is 5.02 Å². The lowest BCUT2D eigenvalue weighted by molar-refractivity contribution is 0.740. The lowest BCUT2D eigenvalue weighted by atomic mass is 10.1. The van der Waals surface area contributed by atoms with Crippen LogP contribution in [0.25, 0.3) is 0 Å². The summed E-state index contributed by atoms with van der Waals surface area (Å²) in [5.41, 5.74) is 3.77. The predicted octanol–water partition coefficient (Wildman–Crippen LogP) is 4.85. The Balaban J connectivity index is 2.20. The van der Waals surface area contributed by atoms with Gasteiger partial charge in [0.15, 0.2) is 0 Å². The Morgan fingerprint density at radius 3 is 2.06 bits per heavy atom. The van der Waals surface area contributed by atoms with Gasteiger partial charge in [-0.15, -0.1) is 0 Å². The second-order valence-corrected chi connectivity index (χ2v) is 5.11. The van der Waals surface area contributed by atoms with E-state index in [4.69, 9.17) is 11.6 Å². The lowest BCUT2D eigenvalue weighted by Gasteiger charge is -2.27. The SMILES string of the molecule is Cc1ccc(N(C)C(C)c2ccc(Cl)cc2)cc1. The molecule has 0 heterocycles. The zero-order chi connectivity index (χ0) is 13.1. The maximum atomic E-state index is 5.92. The van der Waals surface area contributed by atoms with Crippen LogP contribution in [0.1, 0.15) is 24.1 Å². The molecule has 0 saturated carbocycles. The van der Waals surface area contributed by atoms with Crippen molar-refractivity contribution in [3.8, 4) is 0 Å². The van der Waals surface area contributed by atoms with E-state index in [0.29, 0.717) is 6.04 Å². The summed E-state index contributed by atoms with van der Waals surface area (Å²) in [5.74, 6) is 0. The predicted molar refractivity (Wildman–Crippen MR) is 79.4 cm³/mol. The molecule has 0 fully saturated rings. The van der Waals surface area contributed by atoms with Crippen LogP contribution in [0.4, 0.5) is 5.69 Å². The van der Waals surface area contributed by atoms with Crippen LogP contribution < -0.4 is 4.90 Å². The topological polar surface area (TPSA) is 3.24 Å². The van der Waals surface area contributed by atoms with E-state index in [0.717, 1.165) is 5.02 Å². The van der Waals surface area contributed by atoms with E-state index in [1.807, 2.05) is 12.1 Å². The Kier molecular flexibility index (Phi) is 3.93. The summed E-state index contributed by atoms with van der Waals surface area (Å²) in [6.45, 7) is 4.30. The molecule has 0 aliphatic rings. The fourth-order valence-corrected chi connectivity index (χ4v) is 2.09. The van der Waals surface area contributed by atoms with Crippen molar-refractivity contribution in [2.24, 2.45) is 0 Å². The first-order valence-corrected chi connectivity index (χ1v) is 6.50. The van der Waals surface area contributed by atoms with Crippen molar-refractivity contribution < 1.29 is 0 Å². The first-order chi connectivity index (χ1) is 8.58. The van der Waals surface area contributed by atoms with Crippen LogP contribution in [0, 0.1) is 6.92 Å². The number of rotatable bonds is 3. The van der Waals surface area contributed by atoms with Gasteiger partial charge in [0.1, 0.15) is 0 Å². The molecule has 0 N–H and O–H groups in total. The number of hydrogen-bond donors (Lipinski definition) is 0. The minimum atomic E-state index is 0.324. The molecular weight excluding hydrogens is 242 g/mol. The van der Waals surface area contributed by atoms with Crippen LogP contribution in [-0.4, -0.2) is 7.05 Å². The number of hydrogen-bond acceptors (Lipinski definition) is 1. The molecule has 0 bridgehead atoms. The number of halogens is 1. The highest BCUT2D eigenvalue weighted by Gasteiger charge is 2.11. The van der Waals surface area contributed by atoms with E-state index < -0.39 is 0 Å². The van der Waals surface area contributed by atoms with Gasteiger partial charge in [-0.05, 0) is 43.7 Å². The van der Waals surface area contributed by atoms with Crippen LogP contribution >= 0.6 is 11.6 Å². The van der Waals surface area contributed by atoms with Gasteiger partial charge in [-0.2, -0.15) is 0 Å². The second-order valence-electron chi connectivity index (χ2n) is 4.67. The Labute approximate surface area is 114 Å². The number of aryl methyl sites for hydroxylation is 1. The second kappa shape index (κ2) is 5.45. The zero-order valence-corrected chi connectivity index (χ0v) is 11.8. The third kappa shape index (κ3) is 2.85. The van der Waals surface area contributed by atoms with Crippen LogP contribution in [-0.2, 0) is 0 Å². The van der Waals surface area contributed by atoms with Crippen molar-refractivity contribution in [3.63, 3.8) is 0 Å². The molecule has 2 aromatic rings. The van der Waals surface area contributed by atoms with Crippen LogP contribution in [0.3, 0.4) is 0 Å². The van der Waals surface area contributed by atoms with E-state index >= 15 is 0 Å². The molecule has 0 radical (unpaired) electrons. The third-order valence-corrected chi connectivity index (χ3v) is 3.63. The highest BCUT2D eigenvalue weighted by molar-refractivity contribution is 6.30. The highest BCUT2D eigenvalue weighted by atomic mass is 35.5. The van der Waals surface area contributed by atoms with Gasteiger partial charge in [-0.1, -0.05) is 41.4 Å². The molecule has 2 heteroatoms. The molecule has 1 atom stereocenters. The standard InChI is InChI=1S/C16H18ClN/c1-12-4-10-16(11-5-12)18(3)13(2)14-6-8-15(17)9-7-14/h4-11,13H,1-3H3. The van der Waals surface area contributed by atoms with Crippen molar-refractivity contribution >= 4 is 17.3 Å². The summed E-state index contributed by atoms with van der Waals surface area (Å²) in [4.78, 5) is 2.27. The van der Waals surface area contributed by atoms with Gasteiger partial charge in [0.05, 0.1) is 6.04 Å². The average molecular weight is 260 g/mol. The maximum absolute atomic E-state index is 5.92. The van der Waals surface area contributed by atoms with Crippen molar-refractivity contribution in [2.75, 3.05) is 11.9 Å². The Hall–Kier alpha value is -1.47. The van der Waals surface area contributed by atoms with E-state index in [1.54, 1.807) is 0 Å². The van der Waals surface area contributed by atoms with E-state index in [9.17, 15) is 0 Å². The van der Waals surface area contributed by atoms with E-state index in [2.05, 4.69) is 62.2 Å². The number of benzene rings is 2. The molecule has 0 aliphatic heterocycles. The van der Waals surface area contributed by atoms with Gasteiger partial charge < -0.3 is 4.90 Å². The summed E-state index contributed by atoms with van der Waals surface area (Å²) in [7, 11) is 2.12. The summed E-state index contributed by atoms with van der Waals surface area (Å²) in [5, 5.41) is 0.781. The largest absolute Gasteiger partial charge is 0.368 e. The smallest absolute Gasteiger partial charge is 0.0511 e. The number of nitrogens with zero attached hydrogens (tertiary/aromatic N) is 1. The van der Waals surface area contributed by atoms with E-state index in [-0.39, 0.29) is 0 Å². The summed E-state index contributed by atoms with van der Waals surface area (Å²) in [6, 6.07) is 17.0. The Bertz CT molecular complexity index is 452. The van der Waals surface area contributed by atoms with Crippen molar-refractivity contribution in [1.82, 2.24) is 0 Å². The van der Waals surface area contributed by atoms with E-state index in [1.165, 1.54) is 16.8 Å². The molecule has 1 nitrogen and oxygen atoms in total. The molecule has 0 saturated heterocycles. The quantitative estimate of drug-likeness (QED) is 0.762. The summed E-state index contributed by atoms with van der Waals surface area (Å²) in [6.07, 6.45) is 0. The van der Waals surface area contributed by atoms with Gasteiger partial charge in [0.2, 0.25) is 0 Å². The third-order valence-electron chi connectivity index (χ3n) is 3.37. The molecular formula is C16H18ClN. The molecule has 0 amide bonds. The molecule has 94 valence electrons. The normalized spacial score (nSPS) is 12.2. The van der Waals surface area contributed by atoms with Crippen LogP contribution in [0.15, 0.2) is 48.5 Å². The molecule has 2 rings (SSSR count). The van der Waals surface area contributed by atoms with Gasteiger partial charge >= 0.3 is 0 Å². The monoisotopic (exact) mass is 259 g/mol. The van der Waals surface area contributed by atoms with Gasteiger partial charge in [0, 0.05) is 17.8 Å². The van der Waals surface area contributed by atoms with Crippen molar-refractivity contribution in [1.29, 1.82) is 0 Å². The highest BCUT2D eigenvalue weighted by Crippen LogP contribution is 2.26. The molecule has 1 unspecified atom stereocenters. The average Bonchev–Trinajstić information content (AvgIpc) is 2.39. The fourth-order valence-electron chi connectivity index (χ4n) is 1.97. The zero-order valence-electron chi connectivity index (χ0n) is 11.0. The van der Waals surface area contributed by atoms with Gasteiger partial charge in [-0.3, -0.25) is 0 Å². The molecule has 18 heavy (non-hydrogen) atoms. The maximum Gasteiger partial charge on any atom is 0.0511 e. The van der Waals surface area contributed by atoms with Crippen LogP contribution in [0.5, 0.6) is 0 Å². The summed E-state index contributed by atoms with van der Waals surface area (Å²) >= 11 is 5.92. The molecule has 2 aromatic carbocycles. The first kappa shape index (κ1) is 13.0. The Morgan fingerprint density at radius 1 is 0.944 bits per heavy atom. The minimum Gasteiger partial charge on any atom is -0.368 e. The molecule has 0 spiro atoms. The fraction of sp³-hybridized carbons (Fsp3) is 0.250. The van der Waals surface area contributed by atoms with Crippen molar-refractivity contribution in [2.45, 2.75) is 19.9 Å². The van der Waals surface area contributed by atoms with Gasteiger partial charge in [0.25, 0.3) is 0 Å². The lowest BCUT2D eigenvalue weighted by Crippen LogP contribution is -2.21.